The highest BCUT2D eigenvalue weighted by atomic mass is 16.3. The molecule has 2 nitrogen and oxygen atoms in total. The largest absolute Gasteiger partial charge is 0.460 e. The van der Waals surface area contributed by atoms with Crippen LogP contribution in [0.3, 0.4) is 0 Å². The first-order chi connectivity index (χ1) is 8.31. The lowest BCUT2D eigenvalue weighted by Crippen LogP contribution is -2.32. The fourth-order valence-electron chi connectivity index (χ4n) is 2.56. The zero-order valence-electron chi connectivity index (χ0n) is 10.4. The third kappa shape index (κ3) is 2.37. The van der Waals surface area contributed by atoms with Gasteiger partial charge in [-0.15, -0.1) is 0 Å². The van der Waals surface area contributed by atoms with Gasteiger partial charge in [0.15, 0.2) is 0 Å². The first kappa shape index (κ1) is 10.8. The fraction of sp³-hybridized carbons (Fsp3) is 0.467. The smallest absolute Gasteiger partial charge is 0.134 e. The summed E-state index contributed by atoms with van der Waals surface area (Å²) in [5.41, 5.74) is 1.01. The summed E-state index contributed by atoms with van der Waals surface area (Å²) in [5.74, 6) is 1.99. The maximum absolute atomic E-state index is 5.86. The standard InChI is InChI=1S/C15H19NO/c1-12-6-8-16(9-7-12)11-14-10-13-4-2-3-5-15(13)17-14/h2-5,10,12H,6-9,11H2,1H3. The Morgan fingerprint density at radius 3 is 2.76 bits per heavy atom. The van der Waals surface area contributed by atoms with Crippen LogP contribution >= 0.6 is 0 Å². The van der Waals surface area contributed by atoms with Crippen molar-refractivity contribution in [3.8, 4) is 0 Å². The van der Waals surface area contributed by atoms with E-state index < -0.39 is 0 Å². The van der Waals surface area contributed by atoms with Crippen molar-refractivity contribution >= 4 is 11.0 Å². The molecule has 1 fully saturated rings. The summed E-state index contributed by atoms with van der Waals surface area (Å²) in [7, 11) is 0. The molecule has 0 amide bonds. The van der Waals surface area contributed by atoms with Gasteiger partial charge in [0.05, 0.1) is 6.54 Å². The maximum atomic E-state index is 5.86. The molecule has 1 aromatic heterocycles. The second-order valence-electron chi connectivity index (χ2n) is 5.21. The molecule has 1 aromatic carbocycles. The lowest BCUT2D eigenvalue weighted by molar-refractivity contribution is 0.175. The first-order valence-electron chi connectivity index (χ1n) is 6.51. The molecule has 0 radical (unpaired) electrons. The molecule has 2 heterocycles. The third-order valence-electron chi connectivity index (χ3n) is 3.73. The average molecular weight is 229 g/mol. The van der Waals surface area contributed by atoms with E-state index >= 15 is 0 Å². The van der Waals surface area contributed by atoms with Crippen LogP contribution in [0.15, 0.2) is 34.7 Å². The number of likely N-dealkylation sites (tertiary alicyclic amines) is 1. The summed E-state index contributed by atoms with van der Waals surface area (Å²) in [6.07, 6.45) is 2.64. The maximum Gasteiger partial charge on any atom is 0.134 e. The molecule has 0 N–H and O–H groups in total. The molecule has 2 aromatic rings. The summed E-state index contributed by atoms with van der Waals surface area (Å²) < 4.78 is 5.86. The summed E-state index contributed by atoms with van der Waals surface area (Å²) in [4.78, 5) is 2.50. The van der Waals surface area contributed by atoms with Crippen LogP contribution in [0, 0.1) is 5.92 Å². The Kier molecular flexibility index (Phi) is 2.89. The number of benzene rings is 1. The second-order valence-corrected chi connectivity index (χ2v) is 5.21. The predicted molar refractivity (Wildman–Crippen MR) is 69.9 cm³/mol. The zero-order valence-corrected chi connectivity index (χ0v) is 10.4. The lowest BCUT2D eigenvalue weighted by Gasteiger charge is -2.29. The molecule has 0 bridgehead atoms. The number of rotatable bonds is 2. The molecule has 0 saturated carbocycles. The highest BCUT2D eigenvalue weighted by Crippen LogP contribution is 2.22. The van der Waals surface area contributed by atoms with E-state index in [1.807, 2.05) is 12.1 Å². The molecule has 1 aliphatic heterocycles. The molecule has 1 saturated heterocycles. The third-order valence-corrected chi connectivity index (χ3v) is 3.73. The van der Waals surface area contributed by atoms with Crippen LogP contribution in [-0.2, 0) is 6.54 Å². The van der Waals surface area contributed by atoms with Crippen LogP contribution in [0.4, 0.5) is 0 Å². The molecule has 3 rings (SSSR count). The van der Waals surface area contributed by atoms with Crippen LogP contribution in [0.25, 0.3) is 11.0 Å². The number of hydrogen-bond donors (Lipinski definition) is 0. The minimum Gasteiger partial charge on any atom is -0.460 e. The summed E-state index contributed by atoms with van der Waals surface area (Å²) >= 11 is 0. The van der Waals surface area contributed by atoms with Gasteiger partial charge < -0.3 is 4.42 Å². The van der Waals surface area contributed by atoms with Gasteiger partial charge in [-0.3, -0.25) is 4.90 Å². The number of nitrogens with zero attached hydrogens (tertiary/aromatic N) is 1. The highest BCUT2D eigenvalue weighted by molar-refractivity contribution is 5.77. The van der Waals surface area contributed by atoms with Crippen LogP contribution in [0.2, 0.25) is 0 Å². The number of hydrogen-bond acceptors (Lipinski definition) is 2. The van der Waals surface area contributed by atoms with Crippen LogP contribution in [0.5, 0.6) is 0 Å². The number of fused-ring (bicyclic) bond motifs is 1. The molecular formula is C15H19NO. The van der Waals surface area contributed by atoms with Crippen LogP contribution < -0.4 is 0 Å². The molecule has 1 aliphatic rings. The molecule has 2 heteroatoms. The van der Waals surface area contributed by atoms with Gasteiger partial charge in [-0.1, -0.05) is 25.1 Å². The fourth-order valence-corrected chi connectivity index (χ4v) is 2.56. The van der Waals surface area contributed by atoms with Crippen molar-refractivity contribution in [2.45, 2.75) is 26.3 Å². The van der Waals surface area contributed by atoms with Crippen molar-refractivity contribution in [1.82, 2.24) is 4.90 Å². The number of furan rings is 1. The Morgan fingerprint density at radius 1 is 1.24 bits per heavy atom. The van der Waals surface area contributed by atoms with Gasteiger partial charge in [0, 0.05) is 5.39 Å². The van der Waals surface area contributed by atoms with Gasteiger partial charge >= 0.3 is 0 Å². The van der Waals surface area contributed by atoms with E-state index in [9.17, 15) is 0 Å². The van der Waals surface area contributed by atoms with Gasteiger partial charge in [-0.05, 0) is 44.0 Å². The Bertz CT molecular complexity index is 461. The molecule has 0 spiro atoms. The highest BCUT2D eigenvalue weighted by Gasteiger charge is 2.16. The predicted octanol–water partition coefficient (Wildman–Crippen LogP) is 3.66. The molecule has 90 valence electrons. The number of para-hydroxylation sites is 1. The van der Waals surface area contributed by atoms with E-state index in [2.05, 4.69) is 30.0 Å². The van der Waals surface area contributed by atoms with Crippen molar-refractivity contribution in [3.63, 3.8) is 0 Å². The van der Waals surface area contributed by atoms with Crippen molar-refractivity contribution in [2.75, 3.05) is 13.1 Å². The Labute approximate surface area is 102 Å². The van der Waals surface area contributed by atoms with Crippen molar-refractivity contribution in [2.24, 2.45) is 5.92 Å². The van der Waals surface area contributed by atoms with E-state index in [0.717, 1.165) is 23.8 Å². The molecule has 0 atom stereocenters. The molecule has 0 aliphatic carbocycles. The van der Waals surface area contributed by atoms with Crippen LogP contribution in [-0.4, -0.2) is 18.0 Å². The first-order valence-corrected chi connectivity index (χ1v) is 6.51. The van der Waals surface area contributed by atoms with Gasteiger partial charge in [-0.25, -0.2) is 0 Å². The Hall–Kier alpha value is -1.28. The second kappa shape index (κ2) is 4.53. The van der Waals surface area contributed by atoms with Gasteiger partial charge in [0.1, 0.15) is 11.3 Å². The summed E-state index contributed by atoms with van der Waals surface area (Å²) in [6, 6.07) is 10.4. The molecule has 0 unspecified atom stereocenters. The minimum atomic E-state index is 0.891. The van der Waals surface area contributed by atoms with E-state index in [4.69, 9.17) is 4.42 Å². The van der Waals surface area contributed by atoms with Crippen molar-refractivity contribution in [3.05, 3.63) is 36.1 Å². The minimum absolute atomic E-state index is 0.891. The van der Waals surface area contributed by atoms with Crippen molar-refractivity contribution < 1.29 is 4.42 Å². The van der Waals surface area contributed by atoms with Gasteiger partial charge in [-0.2, -0.15) is 0 Å². The van der Waals surface area contributed by atoms with Crippen LogP contribution in [0.1, 0.15) is 25.5 Å². The van der Waals surface area contributed by atoms with E-state index in [1.54, 1.807) is 0 Å². The van der Waals surface area contributed by atoms with Gasteiger partial charge in [0.2, 0.25) is 0 Å². The zero-order chi connectivity index (χ0) is 11.7. The van der Waals surface area contributed by atoms with E-state index in [0.29, 0.717) is 0 Å². The van der Waals surface area contributed by atoms with Crippen molar-refractivity contribution in [1.29, 1.82) is 0 Å². The van der Waals surface area contributed by atoms with E-state index in [1.165, 1.54) is 31.3 Å². The summed E-state index contributed by atoms with van der Waals surface area (Å²) in [5, 5.41) is 1.22. The molecular weight excluding hydrogens is 210 g/mol. The Morgan fingerprint density at radius 2 is 2.00 bits per heavy atom. The SMILES string of the molecule is CC1CCN(Cc2cc3ccccc3o2)CC1. The molecule has 17 heavy (non-hydrogen) atoms. The van der Waals surface area contributed by atoms with E-state index in [-0.39, 0.29) is 0 Å². The monoisotopic (exact) mass is 229 g/mol. The Balaban J connectivity index is 1.72. The average Bonchev–Trinajstić information content (AvgIpc) is 2.74. The number of piperidine rings is 1. The summed E-state index contributed by atoms with van der Waals surface area (Å²) in [6.45, 7) is 5.72. The topological polar surface area (TPSA) is 16.4 Å². The normalized spacial score (nSPS) is 18.9. The lowest BCUT2D eigenvalue weighted by atomic mass is 9.99. The van der Waals surface area contributed by atoms with Gasteiger partial charge in [0.25, 0.3) is 0 Å². The quantitative estimate of drug-likeness (QED) is 0.781.